The van der Waals surface area contributed by atoms with Crippen LogP contribution in [0.15, 0.2) is 22.7 Å². The van der Waals surface area contributed by atoms with Crippen LogP contribution >= 0.6 is 15.9 Å². The van der Waals surface area contributed by atoms with Crippen LogP contribution in [0.5, 0.6) is 0 Å². The molecule has 0 bridgehead atoms. The number of hydrazine groups is 1. The molecule has 0 amide bonds. The molecule has 1 saturated heterocycles. The lowest BCUT2D eigenvalue weighted by Crippen LogP contribution is -2.37. The van der Waals surface area contributed by atoms with Gasteiger partial charge in [-0.05, 0) is 31.0 Å². The second-order valence-electron chi connectivity index (χ2n) is 4.29. The maximum atomic E-state index is 13.8. The molecule has 1 aliphatic heterocycles. The Labute approximate surface area is 109 Å². The number of benzene rings is 1. The third-order valence-electron chi connectivity index (χ3n) is 3.14. The van der Waals surface area contributed by atoms with Crippen LogP contribution in [0.25, 0.3) is 0 Å². The maximum absolute atomic E-state index is 13.8. The Morgan fingerprint density at radius 3 is 3.00 bits per heavy atom. The van der Waals surface area contributed by atoms with Crippen LogP contribution in [0.1, 0.15) is 24.4 Å². The van der Waals surface area contributed by atoms with Crippen molar-refractivity contribution < 1.29 is 9.13 Å². The summed E-state index contributed by atoms with van der Waals surface area (Å²) in [6.45, 7) is 1.41. The minimum Gasteiger partial charge on any atom is -0.381 e. The van der Waals surface area contributed by atoms with E-state index in [-0.39, 0.29) is 17.8 Å². The third-order valence-corrected chi connectivity index (χ3v) is 3.63. The van der Waals surface area contributed by atoms with Crippen molar-refractivity contribution in [1.29, 1.82) is 0 Å². The number of nitrogens with two attached hydrogens (primary N) is 1. The van der Waals surface area contributed by atoms with Gasteiger partial charge in [-0.3, -0.25) is 11.3 Å². The van der Waals surface area contributed by atoms with Crippen molar-refractivity contribution in [2.24, 2.45) is 11.8 Å². The van der Waals surface area contributed by atoms with Crippen molar-refractivity contribution in [2.75, 3.05) is 13.2 Å². The molecule has 5 heteroatoms. The Morgan fingerprint density at radius 1 is 1.53 bits per heavy atom. The molecule has 3 N–H and O–H groups in total. The van der Waals surface area contributed by atoms with E-state index >= 15 is 0 Å². The Balaban J connectivity index is 2.24. The van der Waals surface area contributed by atoms with Crippen LogP contribution in [0, 0.1) is 11.7 Å². The van der Waals surface area contributed by atoms with Gasteiger partial charge in [0.2, 0.25) is 0 Å². The minimum atomic E-state index is -0.235. The van der Waals surface area contributed by atoms with E-state index in [0.717, 1.165) is 23.9 Å². The van der Waals surface area contributed by atoms with Gasteiger partial charge in [0.15, 0.2) is 0 Å². The number of hydrogen-bond acceptors (Lipinski definition) is 3. The molecule has 2 atom stereocenters. The van der Waals surface area contributed by atoms with Gasteiger partial charge in [0.05, 0.1) is 12.6 Å². The van der Waals surface area contributed by atoms with Gasteiger partial charge in [0.1, 0.15) is 5.82 Å². The summed E-state index contributed by atoms with van der Waals surface area (Å²) in [6, 6.07) is 4.71. The second-order valence-corrected chi connectivity index (χ2v) is 5.20. The Hall–Kier alpha value is -0.490. The molecule has 1 heterocycles. The molecule has 3 nitrogen and oxygen atoms in total. The van der Waals surface area contributed by atoms with Gasteiger partial charge in [-0.25, -0.2) is 4.39 Å². The molecule has 1 aliphatic rings. The zero-order valence-electron chi connectivity index (χ0n) is 9.46. The first kappa shape index (κ1) is 13.0. The first-order chi connectivity index (χ1) is 8.22. The van der Waals surface area contributed by atoms with Crippen LogP contribution in [-0.2, 0) is 4.74 Å². The lowest BCUT2D eigenvalue weighted by Gasteiger charge is -2.30. The van der Waals surface area contributed by atoms with Crippen molar-refractivity contribution in [2.45, 2.75) is 18.9 Å². The van der Waals surface area contributed by atoms with Crippen LogP contribution in [0.2, 0.25) is 0 Å². The van der Waals surface area contributed by atoms with Gasteiger partial charge in [-0.1, -0.05) is 15.9 Å². The van der Waals surface area contributed by atoms with Crippen molar-refractivity contribution in [3.05, 3.63) is 34.1 Å². The summed E-state index contributed by atoms with van der Waals surface area (Å²) in [5.74, 6) is 5.55. The predicted molar refractivity (Wildman–Crippen MR) is 67.7 cm³/mol. The van der Waals surface area contributed by atoms with E-state index < -0.39 is 0 Å². The lowest BCUT2D eigenvalue weighted by molar-refractivity contribution is 0.0385. The molecular weight excluding hydrogens is 287 g/mol. The fraction of sp³-hybridized carbons (Fsp3) is 0.500. The summed E-state index contributed by atoms with van der Waals surface area (Å²) in [7, 11) is 0. The molecule has 0 radical (unpaired) electrons. The minimum absolute atomic E-state index is 0.201. The average molecular weight is 303 g/mol. The number of hydrogen-bond donors (Lipinski definition) is 2. The molecular formula is C12H16BrFN2O. The van der Waals surface area contributed by atoms with E-state index in [9.17, 15) is 4.39 Å². The molecule has 0 saturated carbocycles. The van der Waals surface area contributed by atoms with Crippen LogP contribution in [0.4, 0.5) is 4.39 Å². The number of ether oxygens (including phenoxy) is 1. The van der Waals surface area contributed by atoms with Gasteiger partial charge in [0.25, 0.3) is 0 Å². The largest absolute Gasteiger partial charge is 0.381 e. The van der Waals surface area contributed by atoms with Crippen molar-refractivity contribution in [3.63, 3.8) is 0 Å². The topological polar surface area (TPSA) is 47.3 Å². The molecule has 1 aromatic carbocycles. The Bertz CT molecular complexity index is 383. The summed E-state index contributed by atoms with van der Waals surface area (Å²) in [5.41, 5.74) is 3.31. The van der Waals surface area contributed by atoms with Crippen molar-refractivity contribution >= 4 is 15.9 Å². The lowest BCUT2D eigenvalue weighted by atomic mass is 9.89. The van der Waals surface area contributed by atoms with E-state index in [1.807, 2.05) is 0 Å². The standard InChI is InChI=1S/C12H16BrFN2O/c13-9-3-4-11(14)10(6-9)12(16-15)8-2-1-5-17-7-8/h3-4,6,8,12,16H,1-2,5,7,15H2. The fourth-order valence-corrected chi connectivity index (χ4v) is 2.64. The molecule has 1 fully saturated rings. The zero-order chi connectivity index (χ0) is 12.3. The molecule has 1 aromatic rings. The normalized spacial score (nSPS) is 22.4. The monoisotopic (exact) mass is 302 g/mol. The van der Waals surface area contributed by atoms with Gasteiger partial charge >= 0.3 is 0 Å². The van der Waals surface area contributed by atoms with E-state index in [0.29, 0.717) is 12.2 Å². The van der Waals surface area contributed by atoms with E-state index in [1.54, 1.807) is 12.1 Å². The molecule has 0 aromatic heterocycles. The molecule has 2 unspecified atom stereocenters. The van der Waals surface area contributed by atoms with Crippen molar-refractivity contribution in [3.8, 4) is 0 Å². The highest BCUT2D eigenvalue weighted by atomic mass is 79.9. The van der Waals surface area contributed by atoms with Gasteiger partial charge in [-0.2, -0.15) is 0 Å². The second kappa shape index (κ2) is 5.91. The number of nitrogens with one attached hydrogen (secondary N) is 1. The van der Waals surface area contributed by atoms with Gasteiger partial charge < -0.3 is 4.74 Å². The van der Waals surface area contributed by atoms with Crippen LogP contribution in [-0.4, -0.2) is 13.2 Å². The maximum Gasteiger partial charge on any atom is 0.128 e. The molecule has 2 rings (SSSR count). The van der Waals surface area contributed by atoms with Crippen molar-refractivity contribution in [1.82, 2.24) is 5.43 Å². The quantitative estimate of drug-likeness (QED) is 0.666. The SMILES string of the molecule is NNC(c1cc(Br)ccc1F)C1CCCOC1. The number of halogens is 2. The summed E-state index contributed by atoms with van der Waals surface area (Å²) in [6.07, 6.45) is 2.00. The molecule has 94 valence electrons. The first-order valence-corrected chi connectivity index (χ1v) is 6.50. The highest BCUT2D eigenvalue weighted by Gasteiger charge is 2.26. The Kier molecular flexibility index (Phi) is 4.50. The van der Waals surface area contributed by atoms with E-state index in [1.165, 1.54) is 6.07 Å². The van der Waals surface area contributed by atoms with Gasteiger partial charge in [-0.15, -0.1) is 0 Å². The molecule has 0 aliphatic carbocycles. The van der Waals surface area contributed by atoms with E-state index in [4.69, 9.17) is 10.6 Å². The first-order valence-electron chi connectivity index (χ1n) is 5.71. The molecule has 17 heavy (non-hydrogen) atoms. The summed E-state index contributed by atoms with van der Waals surface area (Å²) < 4.78 is 20.1. The third kappa shape index (κ3) is 3.04. The summed E-state index contributed by atoms with van der Waals surface area (Å²) >= 11 is 3.35. The summed E-state index contributed by atoms with van der Waals surface area (Å²) in [4.78, 5) is 0. The summed E-state index contributed by atoms with van der Waals surface area (Å²) in [5, 5.41) is 0. The van der Waals surface area contributed by atoms with Gasteiger partial charge in [0, 0.05) is 22.6 Å². The Morgan fingerprint density at radius 2 is 2.35 bits per heavy atom. The smallest absolute Gasteiger partial charge is 0.128 e. The molecule has 0 spiro atoms. The van der Waals surface area contributed by atoms with Crippen LogP contribution < -0.4 is 11.3 Å². The number of rotatable bonds is 3. The fourth-order valence-electron chi connectivity index (χ4n) is 2.26. The zero-order valence-corrected chi connectivity index (χ0v) is 11.0. The highest BCUT2D eigenvalue weighted by molar-refractivity contribution is 9.10. The average Bonchev–Trinajstić information content (AvgIpc) is 2.36. The predicted octanol–water partition coefficient (Wildman–Crippen LogP) is 2.52. The van der Waals surface area contributed by atoms with Crippen LogP contribution in [0.3, 0.4) is 0 Å². The van der Waals surface area contributed by atoms with E-state index in [2.05, 4.69) is 21.4 Å². The highest BCUT2D eigenvalue weighted by Crippen LogP contribution is 2.31.